The minimum Gasteiger partial charge on any atom is -0.389 e. The van der Waals surface area contributed by atoms with Gasteiger partial charge >= 0.3 is 0 Å². The Labute approximate surface area is 126 Å². The Morgan fingerprint density at radius 2 is 2.00 bits per heavy atom. The number of aromatic nitrogens is 1. The highest BCUT2D eigenvalue weighted by Gasteiger charge is 2.11. The normalized spacial score (nSPS) is 12.6. The van der Waals surface area contributed by atoms with Crippen LogP contribution in [0.15, 0.2) is 48.7 Å². The third-order valence-electron chi connectivity index (χ3n) is 3.44. The van der Waals surface area contributed by atoms with Crippen molar-refractivity contribution in [2.75, 3.05) is 0 Å². The van der Waals surface area contributed by atoms with Gasteiger partial charge < -0.3 is 5.11 Å². The standard InChI is InChI=1S/C17H13ClFNO/c1-10(21)13-7-12-3-2-6-20-17(12)14(8-13)11-4-5-16(19)15(18)9-11/h2-10,21H,1H3. The topological polar surface area (TPSA) is 33.1 Å². The van der Waals surface area contributed by atoms with Gasteiger partial charge in [0.1, 0.15) is 5.82 Å². The van der Waals surface area contributed by atoms with E-state index in [4.69, 9.17) is 11.6 Å². The molecule has 0 aliphatic rings. The fourth-order valence-corrected chi connectivity index (χ4v) is 2.52. The van der Waals surface area contributed by atoms with Crippen molar-refractivity contribution in [2.45, 2.75) is 13.0 Å². The van der Waals surface area contributed by atoms with Crippen LogP contribution in [0.3, 0.4) is 0 Å². The number of benzene rings is 2. The van der Waals surface area contributed by atoms with Crippen LogP contribution in [0.2, 0.25) is 5.02 Å². The lowest BCUT2D eigenvalue weighted by atomic mass is 9.97. The average Bonchev–Trinajstić information content (AvgIpc) is 2.49. The molecule has 0 spiro atoms. The molecule has 0 bridgehead atoms. The number of hydrogen-bond acceptors (Lipinski definition) is 2. The fraction of sp³-hybridized carbons (Fsp3) is 0.118. The molecule has 2 nitrogen and oxygen atoms in total. The first-order chi connectivity index (χ1) is 10.1. The maximum Gasteiger partial charge on any atom is 0.141 e. The van der Waals surface area contributed by atoms with Crippen LogP contribution < -0.4 is 0 Å². The van der Waals surface area contributed by atoms with Crippen molar-refractivity contribution in [1.82, 2.24) is 4.98 Å². The van der Waals surface area contributed by atoms with Crippen LogP contribution in [0.25, 0.3) is 22.0 Å². The first kappa shape index (κ1) is 14.0. The predicted octanol–water partition coefficient (Wildman–Crippen LogP) is 4.75. The summed E-state index contributed by atoms with van der Waals surface area (Å²) in [6, 6.07) is 12.1. The predicted molar refractivity (Wildman–Crippen MR) is 82.8 cm³/mol. The van der Waals surface area contributed by atoms with Crippen molar-refractivity contribution < 1.29 is 9.50 Å². The van der Waals surface area contributed by atoms with Crippen molar-refractivity contribution in [1.29, 1.82) is 0 Å². The van der Waals surface area contributed by atoms with Gasteiger partial charge in [-0.1, -0.05) is 23.7 Å². The zero-order chi connectivity index (χ0) is 15.0. The zero-order valence-corrected chi connectivity index (χ0v) is 12.1. The number of hydrogen-bond donors (Lipinski definition) is 1. The van der Waals surface area contributed by atoms with Gasteiger partial charge in [0.25, 0.3) is 0 Å². The van der Waals surface area contributed by atoms with Crippen LogP contribution >= 0.6 is 11.6 Å². The van der Waals surface area contributed by atoms with Gasteiger partial charge in [-0.3, -0.25) is 4.98 Å². The molecule has 21 heavy (non-hydrogen) atoms. The number of pyridine rings is 1. The van der Waals surface area contributed by atoms with E-state index in [1.807, 2.05) is 24.3 Å². The Hall–Kier alpha value is -1.97. The Morgan fingerprint density at radius 1 is 1.19 bits per heavy atom. The highest BCUT2D eigenvalue weighted by Crippen LogP contribution is 2.32. The highest BCUT2D eigenvalue weighted by molar-refractivity contribution is 6.31. The summed E-state index contributed by atoms with van der Waals surface area (Å²) in [5, 5.41) is 10.8. The van der Waals surface area contributed by atoms with Gasteiger partial charge in [-0.05, 0) is 48.4 Å². The first-order valence-corrected chi connectivity index (χ1v) is 6.96. The van der Waals surface area contributed by atoms with E-state index < -0.39 is 11.9 Å². The molecule has 1 aromatic heterocycles. The second-order valence-electron chi connectivity index (χ2n) is 4.95. The average molecular weight is 302 g/mol. The molecule has 0 saturated carbocycles. The van der Waals surface area contributed by atoms with E-state index in [1.165, 1.54) is 6.07 Å². The summed E-state index contributed by atoms with van der Waals surface area (Å²) in [6.45, 7) is 1.71. The van der Waals surface area contributed by atoms with Crippen molar-refractivity contribution in [3.05, 3.63) is 65.1 Å². The number of aliphatic hydroxyl groups excluding tert-OH is 1. The molecule has 0 aliphatic carbocycles. The van der Waals surface area contributed by atoms with Crippen LogP contribution in [0, 0.1) is 5.82 Å². The largest absolute Gasteiger partial charge is 0.389 e. The van der Waals surface area contributed by atoms with E-state index in [0.717, 1.165) is 27.6 Å². The summed E-state index contributed by atoms with van der Waals surface area (Å²) in [7, 11) is 0. The number of nitrogens with zero attached hydrogens (tertiary/aromatic N) is 1. The van der Waals surface area contributed by atoms with Gasteiger partial charge in [0, 0.05) is 17.1 Å². The van der Waals surface area contributed by atoms with Gasteiger partial charge in [0.05, 0.1) is 16.6 Å². The van der Waals surface area contributed by atoms with Crippen LogP contribution in [0.4, 0.5) is 4.39 Å². The molecule has 1 unspecified atom stereocenters. The Bertz CT molecular complexity index is 817. The van der Waals surface area contributed by atoms with Gasteiger partial charge in [0.15, 0.2) is 0 Å². The van der Waals surface area contributed by atoms with Gasteiger partial charge in [-0.15, -0.1) is 0 Å². The molecule has 1 heterocycles. The minimum absolute atomic E-state index is 0.0685. The summed E-state index contributed by atoms with van der Waals surface area (Å²) in [6.07, 6.45) is 1.11. The van der Waals surface area contributed by atoms with Crippen LogP contribution in [-0.4, -0.2) is 10.1 Å². The maximum atomic E-state index is 13.3. The number of halogens is 2. The van der Waals surface area contributed by atoms with Crippen LogP contribution in [0.5, 0.6) is 0 Å². The molecule has 3 rings (SSSR count). The number of rotatable bonds is 2. The summed E-state index contributed by atoms with van der Waals surface area (Å²) in [4.78, 5) is 4.39. The summed E-state index contributed by atoms with van der Waals surface area (Å²) < 4.78 is 13.3. The first-order valence-electron chi connectivity index (χ1n) is 6.58. The SMILES string of the molecule is CC(O)c1cc(-c2ccc(F)c(Cl)c2)c2ncccc2c1. The maximum absolute atomic E-state index is 13.3. The van der Waals surface area contributed by atoms with E-state index in [9.17, 15) is 9.50 Å². The Morgan fingerprint density at radius 3 is 2.71 bits per heavy atom. The van der Waals surface area contributed by atoms with Crippen molar-refractivity contribution in [2.24, 2.45) is 0 Å². The molecule has 3 aromatic rings. The molecule has 1 N–H and O–H groups in total. The quantitative estimate of drug-likeness (QED) is 0.741. The van der Waals surface area contributed by atoms with E-state index in [2.05, 4.69) is 4.98 Å². The smallest absolute Gasteiger partial charge is 0.141 e. The molecule has 2 aromatic carbocycles. The zero-order valence-electron chi connectivity index (χ0n) is 11.3. The van der Waals surface area contributed by atoms with E-state index in [-0.39, 0.29) is 5.02 Å². The van der Waals surface area contributed by atoms with E-state index in [1.54, 1.807) is 25.3 Å². The summed E-state index contributed by atoms with van der Waals surface area (Å²) in [5.74, 6) is -0.454. The van der Waals surface area contributed by atoms with Gasteiger partial charge in [-0.25, -0.2) is 4.39 Å². The molecule has 106 valence electrons. The number of fused-ring (bicyclic) bond motifs is 1. The molecule has 0 fully saturated rings. The molecule has 0 aliphatic heterocycles. The fourth-order valence-electron chi connectivity index (χ4n) is 2.34. The number of aliphatic hydroxyl groups is 1. The summed E-state index contributed by atoms with van der Waals surface area (Å²) in [5.41, 5.74) is 3.18. The van der Waals surface area contributed by atoms with Gasteiger partial charge in [0.2, 0.25) is 0 Å². The van der Waals surface area contributed by atoms with Crippen molar-refractivity contribution in [3.8, 4) is 11.1 Å². The molecule has 0 radical (unpaired) electrons. The van der Waals surface area contributed by atoms with E-state index >= 15 is 0 Å². The lowest BCUT2D eigenvalue weighted by Gasteiger charge is -2.12. The lowest BCUT2D eigenvalue weighted by Crippen LogP contribution is -1.94. The Kier molecular flexibility index (Phi) is 3.62. The second-order valence-corrected chi connectivity index (χ2v) is 5.36. The second kappa shape index (κ2) is 5.43. The molecular weight excluding hydrogens is 289 g/mol. The molecule has 1 atom stereocenters. The third kappa shape index (κ3) is 2.62. The van der Waals surface area contributed by atoms with Gasteiger partial charge in [-0.2, -0.15) is 0 Å². The van der Waals surface area contributed by atoms with Crippen molar-refractivity contribution >= 4 is 22.5 Å². The molecular formula is C17H13ClFNO. The lowest BCUT2D eigenvalue weighted by molar-refractivity contribution is 0.199. The molecule has 0 saturated heterocycles. The van der Waals surface area contributed by atoms with Crippen LogP contribution in [0.1, 0.15) is 18.6 Å². The monoisotopic (exact) mass is 301 g/mol. The molecule has 0 amide bonds. The molecule has 4 heteroatoms. The summed E-state index contributed by atoms with van der Waals surface area (Å²) >= 11 is 5.87. The minimum atomic E-state index is -0.593. The Balaban J connectivity index is 2.31. The van der Waals surface area contributed by atoms with Crippen LogP contribution in [-0.2, 0) is 0 Å². The van der Waals surface area contributed by atoms with E-state index in [0.29, 0.717) is 0 Å². The highest BCUT2D eigenvalue weighted by atomic mass is 35.5. The third-order valence-corrected chi connectivity index (χ3v) is 3.73. The van der Waals surface area contributed by atoms with Crippen molar-refractivity contribution in [3.63, 3.8) is 0 Å².